The second-order valence-corrected chi connectivity index (χ2v) is 44.1. The Morgan fingerprint density at radius 1 is 0.469 bits per heavy atom. The first-order chi connectivity index (χ1) is 54.1. The molecule has 24 nitrogen and oxygen atoms in total. The van der Waals surface area contributed by atoms with E-state index in [1.165, 1.54) is 0 Å². The van der Waals surface area contributed by atoms with E-state index in [4.69, 9.17) is 94.4 Å². The van der Waals surface area contributed by atoms with Gasteiger partial charge in [0.1, 0.15) is 78.7 Å². The van der Waals surface area contributed by atoms with E-state index >= 15 is 0 Å². The molecule has 21 heterocycles. The van der Waals surface area contributed by atoms with E-state index in [1.807, 2.05) is 0 Å². The number of ketones is 2. The van der Waals surface area contributed by atoms with Crippen molar-refractivity contribution in [2.45, 2.75) is 440 Å². The number of cyclic esters (lactones) is 1. The quantitative estimate of drug-likeness (QED) is 0.166. The number of Topliss-reactive ketones (excluding diaryl/α,β-unsaturated/α-hetero) is 2. The molecular weight excluding hydrogens is 1470 g/mol. The molecule has 1 N–H and O–H groups in total. The van der Waals surface area contributed by atoms with E-state index < -0.39 is 26.0 Å². The highest BCUT2D eigenvalue weighted by atomic mass is 28.4. The summed E-state index contributed by atoms with van der Waals surface area (Å²) >= 11 is 0. The molecule has 1 amide bonds. The van der Waals surface area contributed by atoms with Gasteiger partial charge in [-0.25, -0.2) is 4.79 Å². The van der Waals surface area contributed by atoms with Crippen molar-refractivity contribution in [1.82, 2.24) is 5.32 Å². The van der Waals surface area contributed by atoms with Crippen LogP contribution < -0.4 is 5.32 Å². The number of rotatable bonds is 9. The van der Waals surface area contributed by atoms with E-state index in [1.54, 1.807) is 14.2 Å². The zero-order valence-corrected chi connectivity index (χ0v) is 69.8. The minimum Gasteiger partial charge on any atom is -0.444 e. The predicted octanol–water partition coefficient (Wildman–Crippen LogP) is 12.1. The van der Waals surface area contributed by atoms with E-state index in [-0.39, 0.29) is 243 Å². The molecule has 0 saturated carbocycles. The summed E-state index contributed by atoms with van der Waals surface area (Å²) in [6.45, 7) is 36.6. The SMILES string of the molecule is C=C1C[C@@H]2CC[C@@]34C[C@@H]5O[C@H]6[C@@H](O3)C3OC(CCC3O[C@H]6C5O4)CC(=O)C[C@@H]3[C@@H](OC)[C@@H](C[C@@H](CC)O[Si](C)(C)C(C)(C)C)O[C@H]3CC3O[C@@H](CCC1O2)C[C@@H](C)C3=C.C=C1C[C@@H]2CC[C@@]34C[C@@H]5O[C@H]6[C@@H](O3)C3OC(CCC3O[C@H]6C5O4)CC(=O)C[C@@H]3[C@@H](OC)[C@@H](C[C@H]4CNC(=O)O4)O[C@H]3CC3O[C@@H](CCC1O2)C[C@@H](C)C3=C. The molecule has 2 spiro atoms. The van der Waals surface area contributed by atoms with Crippen molar-refractivity contribution in [3.8, 4) is 0 Å². The van der Waals surface area contributed by atoms with E-state index in [0.717, 1.165) is 119 Å². The highest BCUT2D eigenvalue weighted by Gasteiger charge is 2.71. The second-order valence-electron chi connectivity index (χ2n) is 39.4. The van der Waals surface area contributed by atoms with Crippen LogP contribution in [-0.2, 0) is 104 Å². The number of carbonyl (C=O) groups is 3. The molecule has 21 aliphatic rings. The van der Waals surface area contributed by atoms with E-state index in [9.17, 15) is 14.4 Å². The zero-order valence-electron chi connectivity index (χ0n) is 68.8. The highest BCUT2D eigenvalue weighted by molar-refractivity contribution is 6.74. The van der Waals surface area contributed by atoms with Gasteiger partial charge in [0, 0.05) is 109 Å². The molecule has 21 aliphatic heterocycles. The number of nitrogens with one attached hydrogen (secondary N) is 1. The second kappa shape index (κ2) is 32.1. The molecule has 0 aliphatic carbocycles. The molecule has 24 bridgehead atoms. The monoisotopic (exact) mass is 1600 g/mol. The zero-order chi connectivity index (χ0) is 78.5. The Hall–Kier alpha value is -2.97. The Kier molecular flexibility index (Phi) is 23.0. The average Bonchev–Trinajstić information content (AvgIpc) is 1.55. The number of hydrogen-bond donors (Lipinski definition) is 1. The van der Waals surface area contributed by atoms with Crippen LogP contribution >= 0.6 is 0 Å². The average molecular weight is 1600 g/mol. The van der Waals surface area contributed by atoms with Gasteiger partial charge in [0.15, 0.2) is 19.9 Å². The molecule has 630 valence electrons. The fraction of sp³-hybridized carbons (Fsp3) is 0.875. The van der Waals surface area contributed by atoms with Gasteiger partial charge >= 0.3 is 6.09 Å². The van der Waals surface area contributed by atoms with Crippen molar-refractivity contribution in [2.75, 3.05) is 20.8 Å². The van der Waals surface area contributed by atoms with Crippen LogP contribution in [-0.4, -0.2) is 254 Å². The minimum absolute atomic E-state index is 0.000872. The highest BCUT2D eigenvalue weighted by Crippen LogP contribution is 2.58. The van der Waals surface area contributed by atoms with Gasteiger partial charge in [-0.1, -0.05) is 67.9 Å². The summed E-state index contributed by atoms with van der Waals surface area (Å²) in [6, 6.07) is 0. The molecular formula is C88H131NO23Si. The molecule has 0 aromatic carbocycles. The molecule has 0 aromatic heterocycles. The molecule has 25 heteroatoms. The number of hydrogen-bond acceptors (Lipinski definition) is 23. The number of methoxy groups -OCH3 is 2. The van der Waals surface area contributed by atoms with Gasteiger partial charge in [-0.2, -0.15) is 0 Å². The lowest BCUT2D eigenvalue weighted by Crippen LogP contribution is -2.61. The predicted molar refractivity (Wildman–Crippen MR) is 413 cm³/mol. The van der Waals surface area contributed by atoms with Gasteiger partial charge in [0.05, 0.1) is 129 Å². The third-order valence-electron chi connectivity index (χ3n) is 30.9. The Balaban J connectivity index is 0.000000158. The van der Waals surface area contributed by atoms with Crippen molar-refractivity contribution >= 4 is 26.0 Å². The van der Waals surface area contributed by atoms with Crippen LogP contribution in [0.4, 0.5) is 4.79 Å². The first-order valence-electron chi connectivity index (χ1n) is 44.2. The van der Waals surface area contributed by atoms with Crippen LogP contribution in [0.25, 0.3) is 0 Å². The Morgan fingerprint density at radius 2 is 0.903 bits per heavy atom. The van der Waals surface area contributed by atoms with Gasteiger partial charge in [-0.3, -0.25) is 9.59 Å². The summed E-state index contributed by atoms with van der Waals surface area (Å²) in [5.41, 5.74) is 4.47. The topological polar surface area (TPSA) is 248 Å². The van der Waals surface area contributed by atoms with Crippen molar-refractivity contribution in [3.05, 3.63) is 48.6 Å². The minimum atomic E-state index is -2.04. The summed E-state index contributed by atoms with van der Waals surface area (Å²) in [5.74, 6) is -1.06. The van der Waals surface area contributed by atoms with Crippen LogP contribution in [0.5, 0.6) is 0 Å². The van der Waals surface area contributed by atoms with Crippen molar-refractivity contribution in [3.63, 3.8) is 0 Å². The molecule has 0 radical (unpaired) electrons. The first kappa shape index (κ1) is 81.1. The molecule has 113 heavy (non-hydrogen) atoms. The molecule has 38 atom stereocenters. The Bertz CT molecular complexity index is 3540. The lowest BCUT2D eigenvalue weighted by molar-refractivity contribution is -0.292. The number of alkyl carbamates (subject to hydrolysis) is 1. The molecule has 0 aromatic rings. The number of fused-ring (bicyclic) bond motifs is 12. The largest absolute Gasteiger partial charge is 0.444 e. The van der Waals surface area contributed by atoms with Crippen LogP contribution in [0.1, 0.15) is 215 Å². The van der Waals surface area contributed by atoms with Crippen LogP contribution in [0.3, 0.4) is 0 Å². The van der Waals surface area contributed by atoms with Crippen LogP contribution in [0, 0.1) is 23.7 Å². The summed E-state index contributed by atoms with van der Waals surface area (Å²) < 4.78 is 134. The number of amides is 1. The Labute approximate surface area is 669 Å². The van der Waals surface area contributed by atoms with Crippen molar-refractivity contribution in [2.24, 2.45) is 23.7 Å². The lowest BCUT2D eigenvalue weighted by atomic mass is 9.81. The summed E-state index contributed by atoms with van der Waals surface area (Å²) in [4.78, 5) is 40.4. The van der Waals surface area contributed by atoms with Gasteiger partial charge in [-0.05, 0) is 149 Å². The summed E-state index contributed by atoms with van der Waals surface area (Å²) in [6.07, 6.45) is 12.8. The molecule has 21 saturated heterocycles. The summed E-state index contributed by atoms with van der Waals surface area (Å²) in [5, 5.41) is 2.84. The Morgan fingerprint density at radius 3 is 1.36 bits per heavy atom. The fourth-order valence-corrected chi connectivity index (χ4v) is 25.3. The molecule has 21 rings (SSSR count). The molecule has 21 fully saturated rings. The smallest absolute Gasteiger partial charge is 0.407 e. The standard InChI is InChI=1S/C47H74O11Si.C41H57NO12/c1-11-29(58-59(9,10)46(5,6)7)22-38-40(49-8)33-21-28(48)20-31-13-15-35-41(52-31)45-44-43(54-35)42-39(55-44)24-47(56-42,57-45)17-16-32-19-26(3)34(50-32)14-12-30-18-25(2)27(4)36(51-30)23-37(33)53-38;1-19-11-23-5-7-28-20(2)12-25(46-28)9-10-41-17-33-36(53-41)37-38(52-33)39(54-41)35-29(51-37)8-6-24(48-35)13-22(43)14-27-31(16-30(47-23)21(19)3)50-32(34(27)45-4)15-26-18-42-40(44)49-26/h25,29-45H,3-4,11-24H2,1-2,5-10H3;19,23-39H,2-3,5-18H2,1,4H3,(H,42,44)/t25-,29-,30+,31?,32+,33+,34?,35?,36?,37+,38-,39+,40-,41?,42?,43+,44-,45+,47+;19-,23+,24?,25+,26+,27+,28?,29?,30?,31+,32-,33+,34-,35?,36?,37+,38-,39+,41+/m11/s1. The van der Waals surface area contributed by atoms with Gasteiger partial charge < -0.3 is 99.7 Å². The van der Waals surface area contributed by atoms with Gasteiger partial charge in [0.25, 0.3) is 0 Å². The maximum absolute atomic E-state index is 14.4. The fourth-order valence-electron chi connectivity index (χ4n) is 23.8. The number of carbonyl (C=O) groups excluding carboxylic acids is 3. The van der Waals surface area contributed by atoms with Gasteiger partial charge in [0.2, 0.25) is 0 Å². The third-order valence-corrected chi connectivity index (χ3v) is 35.4. The number of ether oxygens (including phenoxy) is 19. The lowest BCUT2D eigenvalue weighted by Gasteiger charge is -2.47. The van der Waals surface area contributed by atoms with Crippen LogP contribution in [0.2, 0.25) is 18.1 Å². The summed E-state index contributed by atoms with van der Waals surface area (Å²) in [7, 11) is 1.41. The van der Waals surface area contributed by atoms with Crippen LogP contribution in [0.15, 0.2) is 48.6 Å². The van der Waals surface area contributed by atoms with E-state index in [2.05, 4.69) is 86.3 Å². The van der Waals surface area contributed by atoms with Crippen molar-refractivity contribution < 1.29 is 109 Å². The van der Waals surface area contributed by atoms with Crippen molar-refractivity contribution in [1.29, 1.82) is 0 Å². The van der Waals surface area contributed by atoms with Gasteiger partial charge in [-0.15, -0.1) is 0 Å². The maximum atomic E-state index is 14.4. The maximum Gasteiger partial charge on any atom is 0.407 e. The van der Waals surface area contributed by atoms with E-state index in [0.29, 0.717) is 76.7 Å². The molecule has 12 unspecified atom stereocenters. The first-order valence-corrected chi connectivity index (χ1v) is 47.1. The third kappa shape index (κ3) is 15.9. The normalized spacial score (nSPS) is 50.4.